The van der Waals surface area contributed by atoms with Crippen molar-refractivity contribution in [3.05, 3.63) is 89.7 Å². The maximum Gasteiger partial charge on any atom is 0.416 e. The highest BCUT2D eigenvalue weighted by molar-refractivity contribution is 7.98. The number of benzene rings is 2. The number of likely N-dealkylation sites (N-methyl/N-ethyl adjacent to an activating group) is 1. The molecule has 0 aliphatic carbocycles. The van der Waals surface area contributed by atoms with Crippen molar-refractivity contribution in [2.24, 2.45) is 0 Å². The first kappa shape index (κ1) is 26.9. The Morgan fingerprint density at radius 3 is 2.41 bits per heavy atom. The summed E-state index contributed by atoms with van der Waals surface area (Å²) in [6.45, 7) is 6.11. The van der Waals surface area contributed by atoms with Crippen LogP contribution in [0.25, 0.3) is 17.1 Å². The van der Waals surface area contributed by atoms with Crippen molar-refractivity contribution in [3.63, 3.8) is 0 Å². The molecule has 2 aromatic carbocycles. The second kappa shape index (κ2) is 11.6. The summed E-state index contributed by atoms with van der Waals surface area (Å²) in [6, 6.07) is 16.0. The molecule has 0 atom stereocenters. The van der Waals surface area contributed by atoms with Gasteiger partial charge in [-0.15, -0.1) is 10.2 Å². The number of carbonyl (C=O) groups is 1. The molecule has 3 heterocycles. The Kier molecular flexibility index (Phi) is 7.99. The van der Waals surface area contributed by atoms with E-state index in [0.717, 1.165) is 37.3 Å². The average Bonchev–Trinajstić information content (AvgIpc) is 3.40. The average molecular weight is 553 g/mol. The molecule has 202 valence electrons. The molecule has 2 aromatic heterocycles. The summed E-state index contributed by atoms with van der Waals surface area (Å²) >= 11 is 1.32. The van der Waals surface area contributed by atoms with E-state index in [9.17, 15) is 18.0 Å². The van der Waals surface area contributed by atoms with E-state index in [1.165, 1.54) is 17.8 Å². The number of aromatic nitrogens is 4. The predicted molar refractivity (Wildman–Crippen MR) is 144 cm³/mol. The van der Waals surface area contributed by atoms with Crippen LogP contribution >= 0.6 is 11.8 Å². The quantitative estimate of drug-likeness (QED) is 0.286. The Bertz CT molecular complexity index is 1430. The molecule has 1 aliphatic rings. The van der Waals surface area contributed by atoms with E-state index < -0.39 is 11.7 Å². The lowest BCUT2D eigenvalue weighted by atomic mass is 10.1. The number of nitrogens with zero attached hydrogens (tertiary/aromatic N) is 6. The number of hydrogen-bond donors (Lipinski definition) is 0. The number of carbonyl (C=O) groups excluding carboxylic acids is 1. The molecule has 11 heteroatoms. The van der Waals surface area contributed by atoms with Gasteiger partial charge in [0.2, 0.25) is 0 Å². The van der Waals surface area contributed by atoms with Gasteiger partial charge >= 0.3 is 6.18 Å². The van der Waals surface area contributed by atoms with Gasteiger partial charge in [-0.2, -0.15) is 13.2 Å². The number of piperazine rings is 1. The normalized spacial score (nSPS) is 14.5. The molecule has 4 aromatic rings. The van der Waals surface area contributed by atoms with Crippen molar-refractivity contribution in [2.75, 3.05) is 32.7 Å². The number of alkyl halides is 3. The minimum Gasteiger partial charge on any atom is -0.336 e. The van der Waals surface area contributed by atoms with Crippen molar-refractivity contribution in [1.29, 1.82) is 0 Å². The summed E-state index contributed by atoms with van der Waals surface area (Å²) in [6.07, 6.45) is -1.30. The van der Waals surface area contributed by atoms with E-state index in [4.69, 9.17) is 0 Å². The Balaban J connectivity index is 1.45. The zero-order valence-corrected chi connectivity index (χ0v) is 22.1. The first-order valence-corrected chi connectivity index (χ1v) is 13.6. The molecule has 39 heavy (non-hydrogen) atoms. The third-order valence-corrected chi connectivity index (χ3v) is 7.69. The molecule has 0 saturated carbocycles. The smallest absolute Gasteiger partial charge is 0.336 e. The fourth-order valence-corrected chi connectivity index (χ4v) is 5.50. The minimum absolute atomic E-state index is 0.0150. The SMILES string of the molecule is CCN1CCN(C(=O)c2ccccc2CSc2nnc(-c3ccncc3)n2-c2cccc(C(F)(F)F)c2)CC1. The van der Waals surface area contributed by atoms with Crippen LogP contribution in [0.2, 0.25) is 0 Å². The van der Waals surface area contributed by atoms with E-state index in [-0.39, 0.29) is 5.91 Å². The molecule has 0 radical (unpaired) electrons. The summed E-state index contributed by atoms with van der Waals surface area (Å²) in [5.41, 5.74) is 1.65. The Labute approximate surface area is 228 Å². The van der Waals surface area contributed by atoms with Crippen LogP contribution in [0.4, 0.5) is 13.2 Å². The number of thioether (sulfide) groups is 1. The van der Waals surface area contributed by atoms with Gasteiger partial charge in [0.1, 0.15) is 0 Å². The van der Waals surface area contributed by atoms with Crippen LogP contribution in [0.3, 0.4) is 0 Å². The molecular weight excluding hydrogens is 525 g/mol. The minimum atomic E-state index is -4.49. The highest BCUT2D eigenvalue weighted by atomic mass is 32.2. The molecule has 5 rings (SSSR count). The molecule has 0 unspecified atom stereocenters. The zero-order valence-electron chi connectivity index (χ0n) is 21.3. The summed E-state index contributed by atoms with van der Waals surface area (Å²) in [4.78, 5) is 21.6. The van der Waals surface area contributed by atoms with Gasteiger partial charge in [0, 0.05) is 55.5 Å². The summed E-state index contributed by atoms with van der Waals surface area (Å²) < 4.78 is 42.2. The molecule has 0 bridgehead atoms. The number of amides is 1. The molecule has 1 saturated heterocycles. The Hall–Kier alpha value is -3.70. The van der Waals surface area contributed by atoms with Gasteiger partial charge in [0.05, 0.1) is 11.3 Å². The largest absolute Gasteiger partial charge is 0.416 e. The van der Waals surface area contributed by atoms with Crippen molar-refractivity contribution >= 4 is 17.7 Å². The van der Waals surface area contributed by atoms with Crippen LogP contribution in [-0.4, -0.2) is 68.2 Å². The summed E-state index contributed by atoms with van der Waals surface area (Å²) in [5, 5.41) is 9.06. The van der Waals surface area contributed by atoms with Gasteiger partial charge in [-0.05, 0) is 48.5 Å². The van der Waals surface area contributed by atoms with Crippen molar-refractivity contribution in [2.45, 2.75) is 24.0 Å². The van der Waals surface area contributed by atoms with Gasteiger partial charge in [-0.3, -0.25) is 14.3 Å². The summed E-state index contributed by atoms with van der Waals surface area (Å²) in [7, 11) is 0. The fraction of sp³-hybridized carbons (Fsp3) is 0.286. The van der Waals surface area contributed by atoms with Crippen LogP contribution in [0.5, 0.6) is 0 Å². The van der Waals surface area contributed by atoms with E-state index in [1.54, 1.807) is 35.2 Å². The van der Waals surface area contributed by atoms with Crippen LogP contribution in [0.1, 0.15) is 28.4 Å². The van der Waals surface area contributed by atoms with Crippen LogP contribution in [0, 0.1) is 0 Å². The monoisotopic (exact) mass is 552 g/mol. The highest BCUT2D eigenvalue weighted by Gasteiger charge is 2.31. The first-order chi connectivity index (χ1) is 18.8. The maximum absolute atomic E-state index is 13.5. The lowest BCUT2D eigenvalue weighted by molar-refractivity contribution is -0.137. The molecule has 1 aliphatic heterocycles. The first-order valence-electron chi connectivity index (χ1n) is 12.6. The Morgan fingerprint density at radius 2 is 1.69 bits per heavy atom. The topological polar surface area (TPSA) is 67.2 Å². The zero-order chi connectivity index (χ0) is 27.4. The van der Waals surface area contributed by atoms with Crippen molar-refractivity contribution in [3.8, 4) is 17.1 Å². The van der Waals surface area contributed by atoms with Gasteiger partial charge in [-0.25, -0.2) is 0 Å². The van der Waals surface area contributed by atoms with Gasteiger partial charge in [0.25, 0.3) is 5.91 Å². The van der Waals surface area contributed by atoms with E-state index in [1.807, 2.05) is 29.2 Å². The predicted octanol–water partition coefficient (Wildman–Crippen LogP) is 5.42. The second-order valence-electron chi connectivity index (χ2n) is 9.10. The third kappa shape index (κ3) is 5.99. The number of rotatable bonds is 7. The van der Waals surface area contributed by atoms with E-state index in [0.29, 0.717) is 46.6 Å². The van der Waals surface area contributed by atoms with Gasteiger partial charge < -0.3 is 9.80 Å². The van der Waals surface area contributed by atoms with Crippen LogP contribution < -0.4 is 0 Å². The number of pyridine rings is 1. The second-order valence-corrected chi connectivity index (χ2v) is 10.0. The lowest BCUT2D eigenvalue weighted by Crippen LogP contribution is -2.48. The highest BCUT2D eigenvalue weighted by Crippen LogP contribution is 2.34. The van der Waals surface area contributed by atoms with E-state index >= 15 is 0 Å². The van der Waals surface area contributed by atoms with Gasteiger partial charge in [0.15, 0.2) is 11.0 Å². The lowest BCUT2D eigenvalue weighted by Gasteiger charge is -2.34. The third-order valence-electron chi connectivity index (χ3n) is 6.71. The van der Waals surface area contributed by atoms with Crippen LogP contribution in [-0.2, 0) is 11.9 Å². The molecule has 0 N–H and O–H groups in total. The number of hydrogen-bond acceptors (Lipinski definition) is 6. The molecule has 0 spiro atoms. The van der Waals surface area contributed by atoms with Gasteiger partial charge in [-0.1, -0.05) is 43.0 Å². The Morgan fingerprint density at radius 1 is 0.949 bits per heavy atom. The van der Waals surface area contributed by atoms with Crippen molar-refractivity contribution < 1.29 is 18.0 Å². The molecule has 7 nitrogen and oxygen atoms in total. The molecule has 1 fully saturated rings. The maximum atomic E-state index is 13.5. The number of halogens is 3. The van der Waals surface area contributed by atoms with Crippen molar-refractivity contribution in [1.82, 2.24) is 29.5 Å². The fourth-order valence-electron chi connectivity index (χ4n) is 4.54. The standard InChI is InChI=1S/C28H27F3N6OS/c1-2-35-14-16-36(17-15-35)26(38)24-9-4-3-6-21(24)19-39-27-34-33-25(20-10-12-32-13-11-20)37(27)23-8-5-7-22(18-23)28(29,30)31/h3-13,18H,2,14-17,19H2,1H3. The molecule has 1 amide bonds. The van der Waals surface area contributed by atoms with Crippen LogP contribution in [0.15, 0.2) is 78.2 Å². The summed E-state index contributed by atoms with van der Waals surface area (Å²) in [5.74, 6) is 0.778. The van der Waals surface area contributed by atoms with E-state index in [2.05, 4.69) is 27.0 Å². The molecular formula is C28H27F3N6OS.